The summed E-state index contributed by atoms with van der Waals surface area (Å²) in [6.45, 7) is 2.39. The van der Waals surface area contributed by atoms with E-state index in [0.717, 1.165) is 25.5 Å². The van der Waals surface area contributed by atoms with Crippen LogP contribution < -0.4 is 20.4 Å². The number of carboxylic acid groups (broad SMARTS) is 1. The molecule has 2 unspecified atom stereocenters. The minimum Gasteiger partial charge on any atom is -0.449 e. The molecule has 0 radical (unpaired) electrons. The molecule has 1 aliphatic carbocycles. The Morgan fingerprint density at radius 3 is 2.86 bits per heavy atom. The van der Waals surface area contributed by atoms with Gasteiger partial charge in [-0.25, -0.2) is 9.18 Å². The highest BCUT2D eigenvalue weighted by atomic mass is 35.5. The van der Waals surface area contributed by atoms with Crippen molar-refractivity contribution in [2.75, 3.05) is 31.1 Å². The van der Waals surface area contributed by atoms with Crippen LogP contribution in [0.25, 0.3) is 10.9 Å². The summed E-state index contributed by atoms with van der Waals surface area (Å²) >= 11 is 6.67. The second-order valence-electron chi connectivity index (χ2n) is 7.62. The van der Waals surface area contributed by atoms with Gasteiger partial charge in [-0.3, -0.25) is 4.79 Å². The number of rotatable bonds is 3. The molecule has 5 rings (SSSR count). The summed E-state index contributed by atoms with van der Waals surface area (Å²) in [5.41, 5.74) is -0.0662. The van der Waals surface area contributed by atoms with Crippen molar-refractivity contribution >= 4 is 34.3 Å². The van der Waals surface area contributed by atoms with Crippen molar-refractivity contribution in [2.45, 2.75) is 31.0 Å². The molecule has 3 fully saturated rings. The first-order chi connectivity index (χ1) is 13.9. The number of nitrogens with one attached hydrogen (secondary N) is 1. The van der Waals surface area contributed by atoms with Gasteiger partial charge in [-0.1, -0.05) is 11.6 Å². The number of ether oxygens (including phenoxy) is 2. The van der Waals surface area contributed by atoms with Gasteiger partial charge in [0.2, 0.25) is 5.43 Å². The van der Waals surface area contributed by atoms with E-state index in [1.165, 1.54) is 6.20 Å². The molecule has 2 aliphatic heterocycles. The highest BCUT2D eigenvalue weighted by molar-refractivity contribution is 6.38. The predicted molar refractivity (Wildman–Crippen MR) is 104 cm³/mol. The van der Waals surface area contributed by atoms with Crippen molar-refractivity contribution in [3.05, 3.63) is 33.3 Å². The molecule has 0 amide bonds. The maximum atomic E-state index is 15.1. The summed E-state index contributed by atoms with van der Waals surface area (Å²) in [4.78, 5) is 25.5. The van der Waals surface area contributed by atoms with Crippen molar-refractivity contribution in [1.29, 1.82) is 0 Å². The lowest BCUT2D eigenvalue weighted by atomic mass is 10.1. The predicted octanol–water partition coefficient (Wildman–Crippen LogP) is 2.36. The zero-order valence-electron chi connectivity index (χ0n) is 15.4. The Bertz CT molecular complexity index is 1060. The third-order valence-electron chi connectivity index (χ3n) is 5.71. The van der Waals surface area contributed by atoms with Crippen LogP contribution in [0, 0.1) is 5.82 Å². The lowest BCUT2D eigenvalue weighted by molar-refractivity contribution is 0.0212. The number of hydrogen-bond acceptors (Lipinski definition) is 6. The summed E-state index contributed by atoms with van der Waals surface area (Å²) in [7, 11) is 0. The second-order valence-corrected chi connectivity index (χ2v) is 8.00. The molecule has 2 atom stereocenters. The maximum absolute atomic E-state index is 15.1. The Morgan fingerprint density at radius 2 is 2.17 bits per heavy atom. The van der Waals surface area contributed by atoms with E-state index in [9.17, 15) is 9.59 Å². The molecule has 3 heterocycles. The van der Waals surface area contributed by atoms with Crippen LogP contribution in [0.5, 0.6) is 5.75 Å². The van der Waals surface area contributed by atoms with E-state index in [-0.39, 0.29) is 40.0 Å². The van der Waals surface area contributed by atoms with Crippen LogP contribution in [0.3, 0.4) is 0 Å². The molecule has 2 N–H and O–H groups in total. The summed E-state index contributed by atoms with van der Waals surface area (Å²) in [6.07, 6.45) is 1.43. The molecule has 0 spiro atoms. The van der Waals surface area contributed by atoms with Gasteiger partial charge in [0.25, 0.3) is 0 Å². The molecule has 3 aliphatic rings. The first-order valence-electron chi connectivity index (χ1n) is 9.51. The minimum absolute atomic E-state index is 0.00730. The molecule has 154 valence electrons. The van der Waals surface area contributed by atoms with Gasteiger partial charge in [0.15, 0.2) is 5.75 Å². The third kappa shape index (κ3) is 3.13. The molecule has 1 aromatic carbocycles. The van der Waals surface area contributed by atoms with E-state index in [4.69, 9.17) is 21.4 Å². The molecule has 8 nitrogen and oxygen atoms in total. The van der Waals surface area contributed by atoms with Crippen LogP contribution in [0.1, 0.15) is 18.9 Å². The fraction of sp³-hybridized carbons (Fsp3) is 0.474. The number of aromatic nitrogens is 1. The molecule has 29 heavy (non-hydrogen) atoms. The molecule has 1 aromatic heterocycles. The molecule has 0 bridgehead atoms. The number of hydrogen-bond donors (Lipinski definition) is 2. The maximum Gasteiger partial charge on any atom is 0.511 e. The van der Waals surface area contributed by atoms with Gasteiger partial charge in [-0.15, -0.1) is 0 Å². The van der Waals surface area contributed by atoms with Crippen molar-refractivity contribution in [2.24, 2.45) is 0 Å². The summed E-state index contributed by atoms with van der Waals surface area (Å²) in [6, 6.07) is 1.28. The van der Waals surface area contributed by atoms with E-state index in [2.05, 4.69) is 10.1 Å². The van der Waals surface area contributed by atoms with Gasteiger partial charge in [0.05, 0.1) is 46.6 Å². The van der Waals surface area contributed by atoms with Gasteiger partial charge in [-0.05, 0) is 18.9 Å². The van der Waals surface area contributed by atoms with E-state index in [0.29, 0.717) is 25.2 Å². The number of fused-ring (bicyclic) bond motifs is 2. The first-order valence-corrected chi connectivity index (χ1v) is 9.89. The summed E-state index contributed by atoms with van der Waals surface area (Å²) < 4.78 is 27.3. The number of carbonyl (C=O) groups is 1. The summed E-state index contributed by atoms with van der Waals surface area (Å²) in [5.74, 6) is -0.988. The topological polar surface area (TPSA) is 93.0 Å². The van der Waals surface area contributed by atoms with Crippen LogP contribution in [0.2, 0.25) is 5.02 Å². The van der Waals surface area contributed by atoms with E-state index < -0.39 is 17.4 Å². The van der Waals surface area contributed by atoms with Crippen molar-refractivity contribution < 1.29 is 23.8 Å². The van der Waals surface area contributed by atoms with Gasteiger partial charge in [-0.2, -0.15) is 0 Å². The highest BCUT2D eigenvalue weighted by Gasteiger charge is 2.38. The second kappa shape index (κ2) is 6.86. The van der Waals surface area contributed by atoms with Crippen LogP contribution in [-0.4, -0.2) is 54.2 Å². The average Bonchev–Trinajstić information content (AvgIpc) is 3.43. The lowest BCUT2D eigenvalue weighted by Crippen LogP contribution is -2.47. The van der Waals surface area contributed by atoms with Crippen molar-refractivity contribution in [3.63, 3.8) is 0 Å². The number of anilines is 1. The quantitative estimate of drug-likeness (QED) is 0.732. The number of benzene rings is 1. The molecule has 2 aromatic rings. The first kappa shape index (κ1) is 18.7. The largest absolute Gasteiger partial charge is 0.511 e. The van der Waals surface area contributed by atoms with Gasteiger partial charge >= 0.3 is 6.16 Å². The molecule has 1 saturated carbocycles. The van der Waals surface area contributed by atoms with E-state index in [1.807, 2.05) is 4.90 Å². The van der Waals surface area contributed by atoms with E-state index >= 15 is 4.39 Å². The molecular formula is C19H19ClFN3O5. The van der Waals surface area contributed by atoms with Crippen LogP contribution in [0.15, 0.2) is 17.1 Å². The SMILES string of the molecule is O=C(O)Oc1cn(C2CC2)c2c(Cl)c(N3CC4NCCOC4C3)c(F)cc2c1=O. The normalized spacial score (nSPS) is 24.0. The standard InChI is InChI=1S/C19H19ClFN3O5/c20-15-16-10(18(25)14(29-19(26)27)8-24(16)9-1-2-9)5-11(21)17(15)23-6-12-13(7-23)28-4-3-22-12/h5,8-9,12-13,22H,1-4,6-7H2,(H,26,27). The average molecular weight is 424 g/mol. The smallest absolute Gasteiger partial charge is 0.449 e. The van der Waals surface area contributed by atoms with Crippen LogP contribution >= 0.6 is 11.6 Å². The number of nitrogens with zero attached hydrogens (tertiary/aromatic N) is 2. The zero-order chi connectivity index (χ0) is 20.3. The minimum atomic E-state index is -1.60. The van der Waals surface area contributed by atoms with Gasteiger partial charge in [0, 0.05) is 25.7 Å². The Balaban J connectivity index is 1.67. The Hall–Kier alpha value is -2.36. The fourth-order valence-electron chi connectivity index (χ4n) is 4.28. The molecule has 2 saturated heterocycles. The lowest BCUT2D eigenvalue weighted by Gasteiger charge is -2.25. The van der Waals surface area contributed by atoms with Gasteiger partial charge < -0.3 is 29.4 Å². The van der Waals surface area contributed by atoms with E-state index in [1.54, 1.807) is 4.57 Å². The number of halogens is 2. The van der Waals surface area contributed by atoms with Crippen molar-refractivity contribution in [3.8, 4) is 5.75 Å². The monoisotopic (exact) mass is 423 g/mol. The molecule has 10 heteroatoms. The summed E-state index contributed by atoms with van der Waals surface area (Å²) in [5, 5.41) is 12.4. The molecular weight excluding hydrogens is 405 g/mol. The van der Waals surface area contributed by atoms with Crippen LogP contribution in [0.4, 0.5) is 14.9 Å². The van der Waals surface area contributed by atoms with Crippen LogP contribution in [-0.2, 0) is 4.74 Å². The number of pyridine rings is 1. The van der Waals surface area contributed by atoms with Crippen molar-refractivity contribution in [1.82, 2.24) is 9.88 Å². The fourth-order valence-corrected chi connectivity index (χ4v) is 4.69. The third-order valence-corrected chi connectivity index (χ3v) is 6.07. The Morgan fingerprint density at radius 1 is 1.38 bits per heavy atom. The Labute approximate surface area is 169 Å². The number of morpholine rings is 1. The van der Waals surface area contributed by atoms with Gasteiger partial charge in [0.1, 0.15) is 5.82 Å². The Kier molecular flexibility index (Phi) is 4.41. The zero-order valence-corrected chi connectivity index (χ0v) is 16.1. The highest BCUT2D eigenvalue weighted by Crippen LogP contribution is 2.43.